The van der Waals surface area contributed by atoms with Crippen molar-refractivity contribution in [1.82, 2.24) is 0 Å². The molecule has 0 unspecified atom stereocenters. The van der Waals surface area contributed by atoms with Crippen LogP contribution in [0.1, 0.15) is 167 Å². The molecule has 0 radical (unpaired) electrons. The molecule has 0 heterocycles. The first-order valence-electron chi connectivity index (χ1n) is 14.6. The van der Waals surface area contributed by atoms with E-state index in [-0.39, 0.29) is 5.78 Å². The minimum atomic E-state index is 0.201. The average Bonchev–Trinajstić information content (AvgIpc) is 2.81. The number of ketones is 1. The average molecular weight is 447 g/mol. The lowest BCUT2D eigenvalue weighted by atomic mass is 10.0. The summed E-state index contributed by atoms with van der Waals surface area (Å²) >= 11 is 0. The van der Waals surface area contributed by atoms with E-state index in [1.54, 1.807) is 0 Å². The first-order chi connectivity index (χ1) is 15.8. The number of carbonyl (C=O) groups is 1. The molecule has 0 spiro atoms. The third-order valence-corrected chi connectivity index (χ3v) is 6.66. The van der Waals surface area contributed by atoms with Gasteiger partial charge in [0.25, 0.3) is 0 Å². The lowest BCUT2D eigenvalue weighted by molar-refractivity contribution is -0.114. The van der Waals surface area contributed by atoms with Crippen LogP contribution in [0.15, 0.2) is 24.8 Å². The summed E-state index contributed by atoms with van der Waals surface area (Å²) < 4.78 is 0. The third kappa shape index (κ3) is 27.2. The zero-order valence-corrected chi connectivity index (χ0v) is 22.0. The van der Waals surface area contributed by atoms with Gasteiger partial charge in [-0.15, -0.1) is 0 Å². The summed E-state index contributed by atoms with van der Waals surface area (Å²) in [6, 6.07) is 0. The molecule has 0 amide bonds. The summed E-state index contributed by atoms with van der Waals surface area (Å²) in [6.45, 7) is 5.81. The van der Waals surface area contributed by atoms with Gasteiger partial charge >= 0.3 is 0 Å². The minimum absolute atomic E-state index is 0.201. The third-order valence-electron chi connectivity index (χ3n) is 6.66. The summed E-state index contributed by atoms with van der Waals surface area (Å²) in [4.78, 5) is 11.1. The second-order valence-corrected chi connectivity index (χ2v) is 9.89. The van der Waals surface area contributed by atoms with E-state index in [9.17, 15) is 4.79 Å². The van der Waals surface area contributed by atoms with Crippen LogP contribution in [-0.2, 0) is 4.79 Å². The monoisotopic (exact) mass is 446 g/mol. The number of hydrogen-bond donors (Lipinski definition) is 0. The molecule has 1 nitrogen and oxygen atoms in total. The van der Waals surface area contributed by atoms with Gasteiger partial charge in [0, 0.05) is 6.42 Å². The second-order valence-electron chi connectivity index (χ2n) is 9.89. The predicted molar refractivity (Wildman–Crippen MR) is 145 cm³/mol. The lowest BCUT2D eigenvalue weighted by Gasteiger charge is -2.03. The van der Waals surface area contributed by atoms with Crippen molar-refractivity contribution in [3.63, 3.8) is 0 Å². The highest BCUT2D eigenvalue weighted by Gasteiger charge is 1.97. The Morgan fingerprint density at radius 1 is 0.500 bits per heavy atom. The second kappa shape index (κ2) is 28.2. The first-order valence-corrected chi connectivity index (χ1v) is 14.6. The van der Waals surface area contributed by atoms with Crippen molar-refractivity contribution < 1.29 is 4.79 Å². The molecule has 188 valence electrons. The fraction of sp³-hybridized carbons (Fsp3) is 0.839. The van der Waals surface area contributed by atoms with Gasteiger partial charge in [-0.2, -0.15) is 0 Å². The van der Waals surface area contributed by atoms with E-state index < -0.39 is 0 Å². The number of hydrogen-bond acceptors (Lipinski definition) is 1. The quantitative estimate of drug-likeness (QED) is 0.0696. The van der Waals surface area contributed by atoms with Gasteiger partial charge in [-0.1, -0.05) is 148 Å². The SMILES string of the molecule is C=CC(=O)CCCCCCCCCCCCCCCCCC/C=C/CCCCCCCC. The van der Waals surface area contributed by atoms with E-state index in [0.29, 0.717) is 6.42 Å². The van der Waals surface area contributed by atoms with Gasteiger partial charge < -0.3 is 0 Å². The molecule has 0 N–H and O–H groups in total. The maximum Gasteiger partial charge on any atom is 0.155 e. The minimum Gasteiger partial charge on any atom is -0.295 e. The van der Waals surface area contributed by atoms with Crippen LogP contribution in [-0.4, -0.2) is 5.78 Å². The molecule has 0 aliphatic carbocycles. The fourth-order valence-corrected chi connectivity index (χ4v) is 4.42. The molecular formula is C31H58O. The largest absolute Gasteiger partial charge is 0.295 e. The Morgan fingerprint density at radius 3 is 1.16 bits per heavy atom. The Labute approximate surface area is 202 Å². The van der Waals surface area contributed by atoms with Crippen LogP contribution in [0.2, 0.25) is 0 Å². The molecule has 0 aromatic carbocycles. The molecule has 0 aliphatic heterocycles. The Kier molecular flexibility index (Phi) is 27.4. The summed E-state index contributed by atoms with van der Waals surface area (Å²) in [5, 5.41) is 0. The molecule has 0 aromatic rings. The van der Waals surface area contributed by atoms with Gasteiger partial charge in [0.1, 0.15) is 0 Å². The number of rotatable bonds is 27. The summed E-state index contributed by atoms with van der Waals surface area (Å²) in [7, 11) is 0. The highest BCUT2D eigenvalue weighted by molar-refractivity contribution is 5.88. The molecule has 0 aromatic heterocycles. The van der Waals surface area contributed by atoms with Crippen LogP contribution in [0.3, 0.4) is 0 Å². The molecule has 0 bridgehead atoms. The Hall–Kier alpha value is -0.850. The van der Waals surface area contributed by atoms with Crippen LogP contribution < -0.4 is 0 Å². The van der Waals surface area contributed by atoms with E-state index in [1.165, 1.54) is 154 Å². The van der Waals surface area contributed by atoms with E-state index in [4.69, 9.17) is 0 Å². The molecular weight excluding hydrogens is 388 g/mol. The van der Waals surface area contributed by atoms with Crippen molar-refractivity contribution >= 4 is 5.78 Å². The first kappa shape index (κ1) is 31.1. The zero-order valence-electron chi connectivity index (χ0n) is 22.0. The maximum absolute atomic E-state index is 11.1. The van der Waals surface area contributed by atoms with Crippen molar-refractivity contribution in [2.75, 3.05) is 0 Å². The van der Waals surface area contributed by atoms with Gasteiger partial charge in [0.15, 0.2) is 5.78 Å². The van der Waals surface area contributed by atoms with Gasteiger partial charge in [0.05, 0.1) is 0 Å². The molecule has 0 saturated heterocycles. The topological polar surface area (TPSA) is 17.1 Å². The number of allylic oxidation sites excluding steroid dienone is 3. The predicted octanol–water partition coefficient (Wildman–Crippen LogP) is 11.1. The van der Waals surface area contributed by atoms with Crippen molar-refractivity contribution in [3.05, 3.63) is 24.8 Å². The van der Waals surface area contributed by atoms with Gasteiger partial charge in [-0.25, -0.2) is 0 Å². The van der Waals surface area contributed by atoms with Crippen LogP contribution >= 0.6 is 0 Å². The van der Waals surface area contributed by atoms with E-state index in [2.05, 4.69) is 25.7 Å². The molecule has 0 rings (SSSR count). The van der Waals surface area contributed by atoms with E-state index in [0.717, 1.165) is 6.42 Å². The van der Waals surface area contributed by atoms with Crippen LogP contribution in [0.4, 0.5) is 0 Å². The fourth-order valence-electron chi connectivity index (χ4n) is 4.42. The Bertz CT molecular complexity index is 409. The lowest BCUT2D eigenvalue weighted by Crippen LogP contribution is -1.91. The summed E-state index contributed by atoms with van der Waals surface area (Å²) in [5.74, 6) is 0.201. The van der Waals surface area contributed by atoms with Crippen molar-refractivity contribution in [1.29, 1.82) is 0 Å². The molecule has 32 heavy (non-hydrogen) atoms. The van der Waals surface area contributed by atoms with Crippen LogP contribution in [0.25, 0.3) is 0 Å². The van der Waals surface area contributed by atoms with Crippen molar-refractivity contribution in [2.45, 2.75) is 167 Å². The molecule has 0 aliphatic rings. The van der Waals surface area contributed by atoms with Gasteiger partial charge in [-0.3, -0.25) is 4.79 Å². The summed E-state index contributed by atoms with van der Waals surface area (Å²) in [6.07, 6.45) is 40.0. The van der Waals surface area contributed by atoms with E-state index >= 15 is 0 Å². The van der Waals surface area contributed by atoms with Crippen molar-refractivity contribution in [3.8, 4) is 0 Å². The van der Waals surface area contributed by atoms with Crippen molar-refractivity contribution in [2.24, 2.45) is 0 Å². The number of carbonyl (C=O) groups excluding carboxylic acids is 1. The molecule has 0 atom stereocenters. The van der Waals surface area contributed by atoms with Crippen LogP contribution in [0.5, 0.6) is 0 Å². The van der Waals surface area contributed by atoms with E-state index in [1.807, 2.05) is 0 Å². The van der Waals surface area contributed by atoms with Crippen LogP contribution in [0, 0.1) is 0 Å². The van der Waals surface area contributed by atoms with Gasteiger partial charge in [-0.05, 0) is 38.2 Å². The molecule has 0 fully saturated rings. The Morgan fingerprint density at radius 2 is 0.812 bits per heavy atom. The Balaban J connectivity index is 3.08. The highest BCUT2D eigenvalue weighted by Crippen LogP contribution is 2.14. The normalized spacial score (nSPS) is 11.4. The molecule has 0 saturated carbocycles. The number of unbranched alkanes of at least 4 members (excludes halogenated alkanes) is 22. The standard InChI is InChI=1S/C31H58O/c1-3-5-6-7-8-9-10-11-12-13-14-15-16-17-18-19-20-21-22-23-24-25-26-27-28-29-30-31(32)4-2/h4,11-12H,2-3,5-10,13-30H2,1H3/b12-11+. The highest BCUT2D eigenvalue weighted by atomic mass is 16.1. The molecule has 1 heteroatoms. The maximum atomic E-state index is 11.1. The summed E-state index contributed by atoms with van der Waals surface area (Å²) in [5.41, 5.74) is 0. The smallest absolute Gasteiger partial charge is 0.155 e. The zero-order chi connectivity index (χ0) is 23.4. The van der Waals surface area contributed by atoms with Gasteiger partial charge in [0.2, 0.25) is 0 Å².